The molecular formula is C22H19F2N3OS. The second-order valence-electron chi connectivity index (χ2n) is 6.07. The standard InChI is InChI=1S/C22H19F2N3OS/c23-19-9-10-20(24)21(12-19)28-14-18-8-4-7-17(11-18)13-26-27-22(25)29-15-16-5-2-1-3-6-16/h1-13H,14-15H2,(H2,25,27). The van der Waals surface area contributed by atoms with Crippen LogP contribution >= 0.6 is 11.8 Å². The molecule has 148 valence electrons. The zero-order valence-electron chi connectivity index (χ0n) is 15.5. The summed E-state index contributed by atoms with van der Waals surface area (Å²) in [6.07, 6.45) is 1.57. The fraction of sp³-hybridized carbons (Fsp3) is 0.0909. The Bertz CT molecular complexity index is 1010. The summed E-state index contributed by atoms with van der Waals surface area (Å²) in [7, 11) is 0. The van der Waals surface area contributed by atoms with E-state index in [-0.39, 0.29) is 12.4 Å². The van der Waals surface area contributed by atoms with Crippen molar-refractivity contribution in [3.63, 3.8) is 0 Å². The van der Waals surface area contributed by atoms with E-state index in [0.717, 1.165) is 40.6 Å². The van der Waals surface area contributed by atoms with Gasteiger partial charge in [0.2, 0.25) is 0 Å². The molecule has 2 N–H and O–H groups in total. The molecule has 0 aliphatic carbocycles. The number of halogens is 2. The summed E-state index contributed by atoms with van der Waals surface area (Å²) in [6, 6.07) is 20.4. The summed E-state index contributed by atoms with van der Waals surface area (Å²) in [5.41, 5.74) is 8.59. The number of rotatable bonds is 7. The number of benzene rings is 3. The molecule has 0 aliphatic rings. The first-order chi connectivity index (χ1) is 14.1. The molecule has 0 spiro atoms. The van der Waals surface area contributed by atoms with Crippen LogP contribution in [0.25, 0.3) is 0 Å². The van der Waals surface area contributed by atoms with E-state index in [4.69, 9.17) is 10.5 Å². The highest BCUT2D eigenvalue weighted by Crippen LogP contribution is 2.19. The Morgan fingerprint density at radius 1 is 0.966 bits per heavy atom. The van der Waals surface area contributed by atoms with Crippen LogP contribution in [-0.4, -0.2) is 11.4 Å². The molecule has 0 bridgehead atoms. The largest absolute Gasteiger partial charge is 0.486 e. The lowest BCUT2D eigenvalue weighted by Gasteiger charge is -2.08. The van der Waals surface area contributed by atoms with Crippen molar-refractivity contribution in [2.75, 3.05) is 0 Å². The molecule has 29 heavy (non-hydrogen) atoms. The van der Waals surface area contributed by atoms with E-state index in [2.05, 4.69) is 10.2 Å². The Balaban J connectivity index is 1.55. The van der Waals surface area contributed by atoms with Gasteiger partial charge in [-0.3, -0.25) is 0 Å². The topological polar surface area (TPSA) is 60.0 Å². The van der Waals surface area contributed by atoms with Crippen LogP contribution in [0.2, 0.25) is 0 Å². The van der Waals surface area contributed by atoms with E-state index >= 15 is 0 Å². The van der Waals surface area contributed by atoms with Crippen molar-refractivity contribution >= 4 is 23.1 Å². The summed E-state index contributed by atoms with van der Waals surface area (Å²) < 4.78 is 32.2. The Labute approximate surface area is 172 Å². The molecule has 0 unspecified atom stereocenters. The molecule has 0 atom stereocenters. The molecule has 3 aromatic carbocycles. The maximum atomic E-state index is 13.6. The van der Waals surface area contributed by atoms with Crippen LogP contribution in [0, 0.1) is 11.6 Å². The zero-order chi connectivity index (χ0) is 20.5. The van der Waals surface area contributed by atoms with Crippen molar-refractivity contribution in [2.45, 2.75) is 12.4 Å². The molecule has 0 aromatic heterocycles. The third-order valence-electron chi connectivity index (χ3n) is 3.83. The van der Waals surface area contributed by atoms with E-state index in [1.165, 1.54) is 11.8 Å². The third kappa shape index (κ3) is 6.73. The van der Waals surface area contributed by atoms with Crippen LogP contribution in [0.4, 0.5) is 8.78 Å². The van der Waals surface area contributed by atoms with Gasteiger partial charge in [0.1, 0.15) is 12.4 Å². The monoisotopic (exact) mass is 411 g/mol. The summed E-state index contributed by atoms with van der Waals surface area (Å²) in [5.74, 6) is -0.573. The normalized spacial score (nSPS) is 11.7. The Kier molecular flexibility index (Phi) is 7.35. The molecule has 0 saturated heterocycles. The van der Waals surface area contributed by atoms with Gasteiger partial charge in [0.25, 0.3) is 0 Å². The predicted molar refractivity (Wildman–Crippen MR) is 114 cm³/mol. The molecule has 0 aliphatic heterocycles. The van der Waals surface area contributed by atoms with Gasteiger partial charge in [-0.15, -0.1) is 5.10 Å². The zero-order valence-corrected chi connectivity index (χ0v) is 16.3. The number of ether oxygens (including phenoxy) is 1. The molecule has 0 heterocycles. The SMILES string of the molecule is NC(=NN=Cc1cccc(COc2cc(F)ccc2F)c1)SCc1ccccc1. The maximum absolute atomic E-state index is 13.6. The van der Waals surface area contributed by atoms with Crippen molar-refractivity contribution in [1.29, 1.82) is 0 Å². The van der Waals surface area contributed by atoms with Crippen LogP contribution < -0.4 is 10.5 Å². The lowest BCUT2D eigenvalue weighted by Crippen LogP contribution is -2.06. The van der Waals surface area contributed by atoms with Crippen molar-refractivity contribution in [3.8, 4) is 5.75 Å². The molecule has 0 radical (unpaired) electrons. The minimum Gasteiger partial charge on any atom is -0.486 e. The second-order valence-corrected chi connectivity index (χ2v) is 7.06. The first-order valence-corrected chi connectivity index (χ1v) is 9.79. The smallest absolute Gasteiger partial charge is 0.180 e. The maximum Gasteiger partial charge on any atom is 0.180 e. The number of hydrogen-bond donors (Lipinski definition) is 1. The van der Waals surface area contributed by atoms with E-state index < -0.39 is 11.6 Å². The minimum atomic E-state index is -0.609. The molecule has 3 aromatic rings. The second kappa shape index (κ2) is 10.4. The first-order valence-electron chi connectivity index (χ1n) is 8.80. The summed E-state index contributed by atoms with van der Waals surface area (Å²) in [4.78, 5) is 0. The van der Waals surface area contributed by atoms with E-state index in [0.29, 0.717) is 5.17 Å². The molecular weight excluding hydrogens is 392 g/mol. The Hall–Kier alpha value is -3.19. The van der Waals surface area contributed by atoms with Gasteiger partial charge >= 0.3 is 0 Å². The van der Waals surface area contributed by atoms with Gasteiger partial charge < -0.3 is 10.5 Å². The molecule has 3 rings (SSSR count). The molecule has 0 saturated carbocycles. The van der Waals surface area contributed by atoms with Crippen molar-refractivity contribution in [2.24, 2.45) is 15.9 Å². The lowest BCUT2D eigenvalue weighted by molar-refractivity contribution is 0.288. The third-order valence-corrected chi connectivity index (χ3v) is 4.69. The summed E-state index contributed by atoms with van der Waals surface area (Å²) in [5, 5.41) is 8.36. The van der Waals surface area contributed by atoms with Crippen molar-refractivity contribution in [3.05, 3.63) is 101 Å². The van der Waals surface area contributed by atoms with Crippen LogP contribution in [0.1, 0.15) is 16.7 Å². The highest BCUT2D eigenvalue weighted by Gasteiger charge is 2.05. The Morgan fingerprint density at radius 2 is 1.76 bits per heavy atom. The van der Waals surface area contributed by atoms with Crippen molar-refractivity contribution in [1.82, 2.24) is 0 Å². The van der Waals surface area contributed by atoms with Gasteiger partial charge in [-0.2, -0.15) is 5.10 Å². The van der Waals surface area contributed by atoms with Gasteiger partial charge in [0, 0.05) is 11.8 Å². The lowest BCUT2D eigenvalue weighted by atomic mass is 10.1. The quantitative estimate of drug-likeness (QED) is 0.333. The molecule has 4 nitrogen and oxygen atoms in total. The van der Waals surface area contributed by atoms with E-state index in [1.807, 2.05) is 54.6 Å². The number of amidine groups is 1. The molecule has 0 amide bonds. The molecule has 7 heteroatoms. The van der Waals surface area contributed by atoms with Crippen molar-refractivity contribution < 1.29 is 13.5 Å². The average Bonchev–Trinajstić information content (AvgIpc) is 2.74. The summed E-state index contributed by atoms with van der Waals surface area (Å²) in [6.45, 7) is 0.0976. The van der Waals surface area contributed by atoms with E-state index in [9.17, 15) is 8.78 Å². The molecule has 0 fully saturated rings. The van der Waals surface area contributed by atoms with Gasteiger partial charge in [-0.25, -0.2) is 8.78 Å². The van der Waals surface area contributed by atoms with Crippen LogP contribution in [-0.2, 0) is 12.4 Å². The Morgan fingerprint density at radius 3 is 2.59 bits per heavy atom. The number of nitrogens with two attached hydrogens (primary N) is 1. The average molecular weight is 411 g/mol. The first kappa shape index (κ1) is 20.5. The van der Waals surface area contributed by atoms with Gasteiger partial charge in [-0.1, -0.05) is 60.3 Å². The van der Waals surface area contributed by atoms with Gasteiger partial charge in [0.05, 0.1) is 6.21 Å². The highest BCUT2D eigenvalue weighted by molar-refractivity contribution is 8.13. The minimum absolute atomic E-state index is 0.0976. The summed E-state index contributed by atoms with van der Waals surface area (Å²) >= 11 is 1.40. The van der Waals surface area contributed by atoms with Crippen LogP contribution in [0.3, 0.4) is 0 Å². The highest BCUT2D eigenvalue weighted by atomic mass is 32.2. The van der Waals surface area contributed by atoms with Gasteiger partial charge in [0.15, 0.2) is 16.7 Å². The number of nitrogens with zero attached hydrogens (tertiary/aromatic N) is 2. The fourth-order valence-electron chi connectivity index (χ4n) is 2.42. The van der Waals surface area contributed by atoms with E-state index in [1.54, 1.807) is 6.21 Å². The van der Waals surface area contributed by atoms with Gasteiger partial charge in [-0.05, 0) is 34.9 Å². The fourth-order valence-corrected chi connectivity index (χ4v) is 3.04. The predicted octanol–water partition coefficient (Wildman–Crippen LogP) is 5.13. The van der Waals surface area contributed by atoms with Crippen LogP contribution in [0.5, 0.6) is 5.75 Å². The number of thioether (sulfide) groups is 1. The number of hydrogen-bond acceptors (Lipinski definition) is 4. The van der Waals surface area contributed by atoms with Crippen LogP contribution in [0.15, 0.2) is 83.0 Å².